The molecule has 0 atom stereocenters. The Kier molecular flexibility index (Phi) is 2.56. The molecule has 0 saturated heterocycles. The molecule has 0 aromatic rings. The van der Waals surface area contributed by atoms with E-state index in [1.54, 1.807) is 0 Å². The Morgan fingerprint density at radius 1 is 1.40 bits per heavy atom. The molecular weight excluding hydrogens is 122 g/mol. The Labute approximate surface area is 61.4 Å². The molecule has 1 heterocycles. The van der Waals surface area contributed by atoms with Crippen LogP contribution in [0.4, 0.5) is 0 Å². The first-order valence-corrected chi connectivity index (χ1v) is 3.33. The molecule has 0 radical (unpaired) electrons. The highest BCUT2D eigenvalue weighted by Crippen LogP contribution is 2.00. The summed E-state index contributed by atoms with van der Waals surface area (Å²) in [6.45, 7) is 3.66. The van der Waals surface area contributed by atoms with Gasteiger partial charge in [-0.3, -0.25) is 0 Å². The second-order valence-electron chi connectivity index (χ2n) is 2.07. The molecule has 0 aromatic carbocycles. The van der Waals surface area contributed by atoms with Crippen LogP contribution in [0.25, 0.3) is 0 Å². The van der Waals surface area contributed by atoms with Crippen molar-refractivity contribution in [2.75, 3.05) is 0 Å². The molecule has 1 rings (SSSR count). The molecule has 0 bridgehead atoms. The van der Waals surface area contributed by atoms with Crippen molar-refractivity contribution in [3.05, 3.63) is 48.9 Å². The van der Waals surface area contributed by atoms with E-state index in [2.05, 4.69) is 11.9 Å². The highest BCUT2D eigenvalue weighted by atomic mass is 14.8. The van der Waals surface area contributed by atoms with Crippen LogP contribution >= 0.6 is 0 Å². The summed E-state index contributed by atoms with van der Waals surface area (Å²) in [5.41, 5.74) is 1.18. The van der Waals surface area contributed by atoms with Gasteiger partial charge in [-0.25, -0.2) is 0 Å². The van der Waals surface area contributed by atoms with Crippen molar-refractivity contribution in [3.8, 4) is 0 Å². The Balaban J connectivity index is 2.58. The van der Waals surface area contributed by atoms with Crippen LogP contribution in [-0.4, -0.2) is 0 Å². The molecule has 10 heavy (non-hydrogen) atoms. The molecule has 0 spiro atoms. The van der Waals surface area contributed by atoms with Crippen LogP contribution in [0.1, 0.15) is 6.42 Å². The molecule has 1 nitrogen and oxygen atoms in total. The summed E-state index contributed by atoms with van der Waals surface area (Å²) >= 11 is 0. The van der Waals surface area contributed by atoms with Crippen LogP contribution in [0.5, 0.6) is 0 Å². The number of allylic oxidation sites excluding steroid dienone is 5. The Morgan fingerprint density at radius 3 is 3.10 bits per heavy atom. The predicted octanol–water partition coefficient (Wildman–Crippen LogP) is 2.12. The lowest BCUT2D eigenvalue weighted by molar-refractivity contribution is 0.999. The molecule has 0 saturated carbocycles. The highest BCUT2D eigenvalue weighted by Gasteiger charge is 1.88. The van der Waals surface area contributed by atoms with Crippen molar-refractivity contribution in [1.82, 2.24) is 5.32 Å². The molecular formula is C9H11N. The maximum Gasteiger partial charge on any atom is 0.0184 e. The zero-order valence-electron chi connectivity index (χ0n) is 5.88. The van der Waals surface area contributed by atoms with Gasteiger partial charge in [-0.05, 0) is 12.2 Å². The summed E-state index contributed by atoms with van der Waals surface area (Å²) in [5.74, 6) is 0. The lowest BCUT2D eigenvalue weighted by atomic mass is 10.3. The molecule has 1 heteroatoms. The standard InChI is InChI=1S/C9H11N/c1-2-6-9-7-4-3-5-8-10-9/h2-5,7-8,10H,1,6H2. The average Bonchev–Trinajstić information content (AvgIpc) is 2.17. The van der Waals surface area contributed by atoms with Crippen LogP contribution in [0.2, 0.25) is 0 Å². The average molecular weight is 133 g/mol. The second kappa shape index (κ2) is 3.72. The minimum Gasteiger partial charge on any atom is -0.365 e. The minimum atomic E-state index is 0.898. The largest absolute Gasteiger partial charge is 0.365 e. The first-order chi connectivity index (χ1) is 4.93. The Hall–Kier alpha value is -1.24. The molecule has 1 aliphatic heterocycles. The lowest BCUT2D eigenvalue weighted by Gasteiger charge is -1.99. The summed E-state index contributed by atoms with van der Waals surface area (Å²) in [5, 5.41) is 3.13. The van der Waals surface area contributed by atoms with Crippen LogP contribution in [0.15, 0.2) is 48.9 Å². The Morgan fingerprint density at radius 2 is 2.30 bits per heavy atom. The van der Waals surface area contributed by atoms with E-state index >= 15 is 0 Å². The monoisotopic (exact) mass is 133 g/mol. The van der Waals surface area contributed by atoms with E-state index in [0.717, 1.165) is 6.42 Å². The van der Waals surface area contributed by atoms with Crippen LogP contribution < -0.4 is 5.32 Å². The van der Waals surface area contributed by atoms with Crippen molar-refractivity contribution in [2.24, 2.45) is 0 Å². The summed E-state index contributed by atoms with van der Waals surface area (Å²) < 4.78 is 0. The summed E-state index contributed by atoms with van der Waals surface area (Å²) in [7, 11) is 0. The van der Waals surface area contributed by atoms with Crippen LogP contribution in [0, 0.1) is 0 Å². The molecule has 0 amide bonds. The first-order valence-electron chi connectivity index (χ1n) is 3.33. The molecule has 1 aliphatic rings. The van der Waals surface area contributed by atoms with Crippen molar-refractivity contribution in [2.45, 2.75) is 6.42 Å². The van der Waals surface area contributed by atoms with Gasteiger partial charge in [-0.2, -0.15) is 0 Å². The van der Waals surface area contributed by atoms with Crippen LogP contribution in [-0.2, 0) is 0 Å². The highest BCUT2D eigenvalue weighted by molar-refractivity contribution is 5.22. The van der Waals surface area contributed by atoms with Gasteiger partial charge < -0.3 is 5.32 Å². The maximum absolute atomic E-state index is 3.66. The minimum absolute atomic E-state index is 0.898. The lowest BCUT2D eigenvalue weighted by Crippen LogP contribution is -2.01. The third-order valence-corrected chi connectivity index (χ3v) is 1.25. The number of hydrogen-bond donors (Lipinski definition) is 1. The zero-order chi connectivity index (χ0) is 7.23. The van der Waals surface area contributed by atoms with Crippen LogP contribution in [0.3, 0.4) is 0 Å². The van der Waals surface area contributed by atoms with Crippen molar-refractivity contribution < 1.29 is 0 Å². The molecule has 0 fully saturated rings. The quantitative estimate of drug-likeness (QED) is 0.569. The van der Waals surface area contributed by atoms with Gasteiger partial charge in [0.2, 0.25) is 0 Å². The molecule has 0 aromatic heterocycles. The van der Waals surface area contributed by atoms with E-state index in [-0.39, 0.29) is 0 Å². The van der Waals surface area contributed by atoms with E-state index in [1.165, 1.54) is 5.70 Å². The summed E-state index contributed by atoms with van der Waals surface area (Å²) in [4.78, 5) is 0. The fourth-order valence-corrected chi connectivity index (χ4v) is 0.777. The van der Waals surface area contributed by atoms with E-state index in [1.807, 2.05) is 36.6 Å². The molecule has 52 valence electrons. The van der Waals surface area contributed by atoms with Gasteiger partial charge in [0, 0.05) is 18.3 Å². The van der Waals surface area contributed by atoms with Gasteiger partial charge in [0.05, 0.1) is 0 Å². The van der Waals surface area contributed by atoms with E-state index in [0.29, 0.717) is 0 Å². The summed E-state index contributed by atoms with van der Waals surface area (Å²) in [6, 6.07) is 0. The van der Waals surface area contributed by atoms with Crippen molar-refractivity contribution in [1.29, 1.82) is 0 Å². The van der Waals surface area contributed by atoms with Gasteiger partial charge in [-0.15, -0.1) is 6.58 Å². The fraction of sp³-hybridized carbons (Fsp3) is 0.111. The van der Waals surface area contributed by atoms with Gasteiger partial charge in [-0.1, -0.05) is 18.2 Å². The zero-order valence-corrected chi connectivity index (χ0v) is 5.88. The number of nitrogens with one attached hydrogen (secondary N) is 1. The SMILES string of the molecule is C=CCC1=CC=CC=CN1. The number of hydrogen-bond acceptors (Lipinski definition) is 1. The molecule has 1 N–H and O–H groups in total. The normalized spacial score (nSPS) is 15.4. The fourth-order valence-electron chi connectivity index (χ4n) is 0.777. The van der Waals surface area contributed by atoms with Gasteiger partial charge >= 0.3 is 0 Å². The summed E-state index contributed by atoms with van der Waals surface area (Å²) in [6.07, 6.45) is 12.7. The maximum atomic E-state index is 3.66. The van der Waals surface area contributed by atoms with Crippen molar-refractivity contribution in [3.63, 3.8) is 0 Å². The topological polar surface area (TPSA) is 12.0 Å². The second-order valence-corrected chi connectivity index (χ2v) is 2.07. The van der Waals surface area contributed by atoms with Gasteiger partial charge in [0.1, 0.15) is 0 Å². The van der Waals surface area contributed by atoms with Gasteiger partial charge in [0.15, 0.2) is 0 Å². The molecule has 0 aliphatic carbocycles. The number of rotatable bonds is 2. The van der Waals surface area contributed by atoms with Crippen molar-refractivity contribution >= 4 is 0 Å². The molecule has 0 unspecified atom stereocenters. The third-order valence-electron chi connectivity index (χ3n) is 1.25. The Bertz CT molecular complexity index is 197. The van der Waals surface area contributed by atoms with E-state index < -0.39 is 0 Å². The third kappa shape index (κ3) is 1.94. The first kappa shape index (κ1) is 6.87. The van der Waals surface area contributed by atoms with Gasteiger partial charge in [0.25, 0.3) is 0 Å². The van der Waals surface area contributed by atoms with E-state index in [4.69, 9.17) is 0 Å². The van der Waals surface area contributed by atoms with E-state index in [9.17, 15) is 0 Å². The predicted molar refractivity (Wildman–Crippen MR) is 44.3 cm³/mol. The smallest absolute Gasteiger partial charge is 0.0184 e.